The quantitative estimate of drug-likeness (QED) is 0.632. The Morgan fingerprint density at radius 2 is 1.96 bits per heavy atom. The third kappa shape index (κ3) is 2.40. The third-order valence-electron chi connectivity index (χ3n) is 7.47. The van der Waals surface area contributed by atoms with Crippen molar-refractivity contribution >= 4 is 27.5 Å². The zero-order valence-electron chi connectivity index (χ0n) is 15.8. The molecule has 26 heavy (non-hydrogen) atoms. The number of alkyl halides is 1. The molecule has 4 saturated carbocycles. The van der Waals surface area contributed by atoms with Gasteiger partial charge < -0.3 is 9.64 Å². The van der Waals surface area contributed by atoms with Crippen molar-refractivity contribution in [2.24, 2.45) is 17.3 Å². The number of carbonyl (C=O) groups excluding carboxylic acids is 1. The van der Waals surface area contributed by atoms with E-state index >= 15 is 0 Å². The van der Waals surface area contributed by atoms with E-state index in [4.69, 9.17) is 4.74 Å². The lowest BCUT2D eigenvalue weighted by atomic mass is 9.49. The van der Waals surface area contributed by atoms with Crippen LogP contribution < -0.4 is 9.64 Å². The number of nitrogens with zero attached hydrogens (tertiary/aromatic N) is 1. The Balaban J connectivity index is 1.56. The molecule has 1 aliphatic heterocycles. The number of benzene rings is 1. The van der Waals surface area contributed by atoms with Crippen LogP contribution in [0.4, 0.5) is 5.69 Å². The highest BCUT2D eigenvalue weighted by Gasteiger charge is 2.60. The van der Waals surface area contributed by atoms with Crippen molar-refractivity contribution in [3.05, 3.63) is 23.3 Å². The SMILES string of the molecule is COc1ccc(C)c2c1N(C(=O)C13CC4CC(CC(Br)(C4)C1)C3)CCC2. The van der Waals surface area contributed by atoms with Gasteiger partial charge in [0, 0.05) is 10.9 Å². The lowest BCUT2D eigenvalue weighted by molar-refractivity contribution is -0.141. The van der Waals surface area contributed by atoms with E-state index < -0.39 is 0 Å². The summed E-state index contributed by atoms with van der Waals surface area (Å²) in [4.78, 5) is 16.1. The van der Waals surface area contributed by atoms with Gasteiger partial charge in [-0.2, -0.15) is 0 Å². The van der Waals surface area contributed by atoms with Crippen molar-refractivity contribution in [1.29, 1.82) is 0 Å². The number of rotatable bonds is 2. The van der Waals surface area contributed by atoms with Crippen molar-refractivity contribution in [3.8, 4) is 5.75 Å². The number of methoxy groups -OCH3 is 1. The normalized spacial score (nSPS) is 37.6. The van der Waals surface area contributed by atoms with Gasteiger partial charge in [0.05, 0.1) is 18.2 Å². The van der Waals surface area contributed by atoms with Gasteiger partial charge in [0.2, 0.25) is 5.91 Å². The fourth-order valence-corrected chi connectivity index (χ4v) is 8.36. The van der Waals surface area contributed by atoms with Gasteiger partial charge >= 0.3 is 0 Å². The van der Waals surface area contributed by atoms with Gasteiger partial charge in [-0.1, -0.05) is 22.0 Å². The molecule has 0 aromatic heterocycles. The Morgan fingerprint density at radius 3 is 2.62 bits per heavy atom. The molecule has 4 heteroatoms. The van der Waals surface area contributed by atoms with Gasteiger partial charge in [-0.25, -0.2) is 0 Å². The molecule has 3 nitrogen and oxygen atoms in total. The van der Waals surface area contributed by atoms with Crippen molar-refractivity contribution in [1.82, 2.24) is 0 Å². The van der Waals surface area contributed by atoms with E-state index in [1.165, 1.54) is 30.4 Å². The summed E-state index contributed by atoms with van der Waals surface area (Å²) >= 11 is 4.06. The number of hydrogen-bond acceptors (Lipinski definition) is 2. The first kappa shape index (κ1) is 17.1. The second-order valence-electron chi connectivity index (χ2n) is 9.36. The van der Waals surface area contributed by atoms with Crippen LogP contribution in [0.1, 0.15) is 56.1 Å². The molecule has 0 N–H and O–H groups in total. The molecule has 4 fully saturated rings. The molecule has 4 bridgehead atoms. The highest BCUT2D eigenvalue weighted by molar-refractivity contribution is 9.10. The second kappa shape index (κ2) is 5.73. The van der Waals surface area contributed by atoms with Gasteiger partial charge in [0.1, 0.15) is 5.75 Å². The molecule has 0 spiro atoms. The van der Waals surface area contributed by atoms with E-state index in [1.807, 2.05) is 6.07 Å². The van der Waals surface area contributed by atoms with E-state index in [0.29, 0.717) is 5.91 Å². The standard InChI is InChI=1S/C22H28BrNO2/c1-14-5-6-18(26-2)19-17(14)4-3-7-24(19)20(25)21-9-15-8-16(10-21)12-22(23,11-15)13-21/h5-6,15-16H,3-4,7-13H2,1-2H3. The van der Waals surface area contributed by atoms with E-state index in [0.717, 1.165) is 61.9 Å². The average Bonchev–Trinajstić information content (AvgIpc) is 2.59. The minimum absolute atomic E-state index is 0.156. The zero-order chi connectivity index (χ0) is 18.1. The number of aryl methyl sites for hydroxylation is 1. The molecule has 0 saturated heterocycles. The summed E-state index contributed by atoms with van der Waals surface area (Å²) in [6.07, 6.45) is 9.16. The second-order valence-corrected chi connectivity index (χ2v) is 11.0. The van der Waals surface area contributed by atoms with Gasteiger partial charge in [-0.05, 0) is 87.3 Å². The van der Waals surface area contributed by atoms with E-state index in [-0.39, 0.29) is 9.74 Å². The number of anilines is 1. The monoisotopic (exact) mass is 417 g/mol. The molecule has 0 radical (unpaired) electrons. The Kier molecular flexibility index (Phi) is 3.77. The first-order valence-electron chi connectivity index (χ1n) is 10.1. The van der Waals surface area contributed by atoms with Crippen molar-refractivity contribution < 1.29 is 9.53 Å². The largest absolute Gasteiger partial charge is 0.495 e. The van der Waals surface area contributed by atoms with Crippen LogP contribution in [0, 0.1) is 24.2 Å². The van der Waals surface area contributed by atoms with E-state index in [1.54, 1.807) is 7.11 Å². The molecular weight excluding hydrogens is 390 g/mol. The maximum atomic E-state index is 14.0. The molecule has 1 aromatic rings. The summed E-state index contributed by atoms with van der Waals surface area (Å²) in [7, 11) is 1.72. The molecule has 140 valence electrons. The van der Waals surface area contributed by atoms with Crippen molar-refractivity contribution in [3.63, 3.8) is 0 Å². The molecule has 5 aliphatic rings. The molecule has 1 heterocycles. The third-order valence-corrected chi connectivity index (χ3v) is 8.39. The number of ether oxygens (including phenoxy) is 1. The predicted molar refractivity (Wildman–Crippen MR) is 107 cm³/mol. The molecular formula is C22H28BrNO2. The first-order valence-corrected chi connectivity index (χ1v) is 10.9. The van der Waals surface area contributed by atoms with Crippen LogP contribution in [0.5, 0.6) is 5.75 Å². The predicted octanol–water partition coefficient (Wildman–Crippen LogP) is 5.02. The van der Waals surface area contributed by atoms with Gasteiger partial charge in [0.15, 0.2) is 0 Å². The van der Waals surface area contributed by atoms with Crippen molar-refractivity contribution in [2.45, 2.75) is 62.6 Å². The lowest BCUT2D eigenvalue weighted by Gasteiger charge is -2.60. The lowest BCUT2D eigenvalue weighted by Crippen LogP contribution is -2.59. The minimum Gasteiger partial charge on any atom is -0.495 e. The zero-order valence-corrected chi connectivity index (χ0v) is 17.4. The fraction of sp³-hybridized carbons (Fsp3) is 0.682. The summed E-state index contributed by atoms with van der Waals surface area (Å²) in [5.41, 5.74) is 3.49. The Bertz CT molecular complexity index is 760. The Labute approximate surface area is 164 Å². The van der Waals surface area contributed by atoms with Crippen LogP contribution in [-0.2, 0) is 11.2 Å². The number of fused-ring (bicyclic) bond motifs is 1. The van der Waals surface area contributed by atoms with Crippen LogP contribution >= 0.6 is 15.9 Å². The Morgan fingerprint density at radius 1 is 1.23 bits per heavy atom. The summed E-state index contributed by atoms with van der Waals surface area (Å²) < 4.78 is 5.89. The summed E-state index contributed by atoms with van der Waals surface area (Å²) in [6, 6.07) is 4.16. The highest BCUT2D eigenvalue weighted by atomic mass is 79.9. The van der Waals surface area contributed by atoms with Gasteiger partial charge in [0.25, 0.3) is 0 Å². The van der Waals surface area contributed by atoms with Crippen LogP contribution in [0.25, 0.3) is 0 Å². The van der Waals surface area contributed by atoms with E-state index in [9.17, 15) is 4.79 Å². The molecule has 2 atom stereocenters. The number of carbonyl (C=O) groups is 1. The summed E-state index contributed by atoms with van der Waals surface area (Å²) in [5, 5.41) is 0. The van der Waals surface area contributed by atoms with Crippen LogP contribution in [0.2, 0.25) is 0 Å². The number of hydrogen-bond donors (Lipinski definition) is 0. The average molecular weight is 418 g/mol. The smallest absolute Gasteiger partial charge is 0.233 e. The van der Waals surface area contributed by atoms with Gasteiger partial charge in [-0.15, -0.1) is 0 Å². The highest BCUT2D eigenvalue weighted by Crippen LogP contribution is 2.65. The molecule has 1 aromatic carbocycles. The fourth-order valence-electron chi connectivity index (χ4n) is 6.91. The maximum absolute atomic E-state index is 14.0. The van der Waals surface area contributed by atoms with Crippen molar-refractivity contribution in [2.75, 3.05) is 18.6 Å². The summed E-state index contributed by atoms with van der Waals surface area (Å²) in [6.45, 7) is 2.99. The van der Waals surface area contributed by atoms with Crippen LogP contribution in [-0.4, -0.2) is 23.9 Å². The molecule has 1 amide bonds. The molecule has 2 unspecified atom stereocenters. The topological polar surface area (TPSA) is 29.5 Å². The minimum atomic E-state index is -0.156. The number of amides is 1. The number of halogens is 1. The van der Waals surface area contributed by atoms with Crippen LogP contribution in [0.3, 0.4) is 0 Å². The molecule has 6 rings (SSSR count). The first-order chi connectivity index (χ1) is 12.4. The Hall–Kier alpha value is -1.03. The summed E-state index contributed by atoms with van der Waals surface area (Å²) in [5.74, 6) is 2.68. The molecule has 4 aliphatic carbocycles. The van der Waals surface area contributed by atoms with Gasteiger partial charge in [-0.3, -0.25) is 4.79 Å². The maximum Gasteiger partial charge on any atom is 0.233 e. The van der Waals surface area contributed by atoms with E-state index in [2.05, 4.69) is 33.8 Å². The van der Waals surface area contributed by atoms with Crippen LogP contribution in [0.15, 0.2) is 12.1 Å².